The average Bonchev–Trinajstić information content (AvgIpc) is 2.93. The summed E-state index contributed by atoms with van der Waals surface area (Å²) in [6.07, 6.45) is 3.43. The number of hydrogen-bond acceptors (Lipinski definition) is 2. The number of benzene rings is 1. The summed E-state index contributed by atoms with van der Waals surface area (Å²) in [6.45, 7) is 2.09. The van der Waals surface area contributed by atoms with Crippen molar-refractivity contribution in [3.8, 4) is 0 Å². The zero-order chi connectivity index (χ0) is 13.2. The normalized spacial score (nSPS) is 19.3. The number of thiophene rings is 1. The van der Waals surface area contributed by atoms with E-state index in [-0.39, 0.29) is 5.78 Å². The first kappa shape index (κ1) is 12.4. The van der Waals surface area contributed by atoms with Crippen molar-refractivity contribution in [3.05, 3.63) is 63.9 Å². The van der Waals surface area contributed by atoms with Gasteiger partial charge in [0.05, 0.1) is 0 Å². The molecule has 0 amide bonds. The number of carbonyl (C=O) groups is 1. The van der Waals surface area contributed by atoms with E-state index in [0.29, 0.717) is 12.3 Å². The molecule has 2 heteroatoms. The highest BCUT2D eigenvalue weighted by Gasteiger charge is 2.23. The summed E-state index contributed by atoms with van der Waals surface area (Å²) >= 11 is 1.71. The maximum atomic E-state index is 11.9. The fourth-order valence-corrected chi connectivity index (χ4v) is 3.35. The molecule has 0 fully saturated rings. The topological polar surface area (TPSA) is 17.1 Å². The lowest BCUT2D eigenvalue weighted by atomic mass is 9.82. The van der Waals surface area contributed by atoms with Gasteiger partial charge in [-0.05, 0) is 47.9 Å². The molecule has 0 saturated carbocycles. The Labute approximate surface area is 117 Å². The van der Waals surface area contributed by atoms with E-state index in [1.807, 2.05) is 12.1 Å². The van der Waals surface area contributed by atoms with Crippen molar-refractivity contribution in [2.45, 2.75) is 25.7 Å². The van der Waals surface area contributed by atoms with Crippen molar-refractivity contribution in [3.63, 3.8) is 0 Å². The highest BCUT2D eigenvalue weighted by Crippen LogP contribution is 2.37. The molecule has 1 heterocycles. The minimum absolute atomic E-state index is 0.250. The molecule has 19 heavy (non-hydrogen) atoms. The second-order valence-electron chi connectivity index (χ2n) is 5.13. The van der Waals surface area contributed by atoms with Crippen molar-refractivity contribution in [2.24, 2.45) is 0 Å². The molecule has 0 bridgehead atoms. The zero-order valence-electron chi connectivity index (χ0n) is 10.9. The smallest absolute Gasteiger partial charge is 0.156 e. The van der Waals surface area contributed by atoms with E-state index in [1.165, 1.54) is 21.6 Å². The molecule has 0 N–H and O–H groups in total. The predicted octanol–water partition coefficient (Wildman–Crippen LogP) is 4.59. The van der Waals surface area contributed by atoms with E-state index < -0.39 is 0 Å². The van der Waals surface area contributed by atoms with Crippen molar-refractivity contribution < 1.29 is 4.79 Å². The van der Waals surface area contributed by atoms with Gasteiger partial charge in [0, 0.05) is 11.3 Å². The van der Waals surface area contributed by atoms with Gasteiger partial charge >= 0.3 is 0 Å². The number of hydrogen-bond donors (Lipinski definition) is 0. The molecule has 0 spiro atoms. The SMILES string of the molecule is Cc1ccc(C2CC(=O)C=C(c3cccs3)C2)cc1. The molecule has 96 valence electrons. The van der Waals surface area contributed by atoms with Crippen LogP contribution in [-0.4, -0.2) is 5.78 Å². The molecule has 0 aliphatic heterocycles. The van der Waals surface area contributed by atoms with Gasteiger partial charge in [-0.3, -0.25) is 4.79 Å². The molecular formula is C17H16OS. The predicted molar refractivity (Wildman–Crippen MR) is 80.5 cm³/mol. The maximum Gasteiger partial charge on any atom is 0.156 e. The van der Waals surface area contributed by atoms with Gasteiger partial charge < -0.3 is 0 Å². The van der Waals surface area contributed by atoms with Crippen molar-refractivity contribution in [1.82, 2.24) is 0 Å². The van der Waals surface area contributed by atoms with Gasteiger partial charge in [0.25, 0.3) is 0 Å². The summed E-state index contributed by atoms with van der Waals surface area (Å²) in [4.78, 5) is 13.2. The van der Waals surface area contributed by atoms with Gasteiger partial charge in [0.1, 0.15) is 0 Å². The van der Waals surface area contributed by atoms with Crippen LogP contribution < -0.4 is 0 Å². The van der Waals surface area contributed by atoms with Gasteiger partial charge in [-0.2, -0.15) is 0 Å². The highest BCUT2D eigenvalue weighted by molar-refractivity contribution is 7.11. The molecule has 1 aromatic heterocycles. The lowest BCUT2D eigenvalue weighted by molar-refractivity contribution is -0.115. The second-order valence-corrected chi connectivity index (χ2v) is 6.08. The molecule has 1 atom stereocenters. The van der Waals surface area contributed by atoms with Gasteiger partial charge in [0.2, 0.25) is 0 Å². The Morgan fingerprint density at radius 2 is 1.89 bits per heavy atom. The molecule has 0 radical (unpaired) electrons. The van der Waals surface area contributed by atoms with Crippen LogP contribution in [0.4, 0.5) is 0 Å². The number of allylic oxidation sites excluding steroid dienone is 2. The fraction of sp³-hybridized carbons (Fsp3) is 0.235. The standard InChI is InChI=1S/C17H16OS/c1-12-4-6-13(7-5-12)14-9-15(11-16(18)10-14)17-3-2-8-19-17/h2-8,11,14H,9-10H2,1H3. The first-order valence-corrected chi connectivity index (χ1v) is 7.44. The highest BCUT2D eigenvalue weighted by atomic mass is 32.1. The molecule has 1 aliphatic rings. The molecule has 2 aromatic rings. The Bertz CT molecular complexity index is 605. The van der Waals surface area contributed by atoms with Crippen LogP contribution in [0.3, 0.4) is 0 Å². The van der Waals surface area contributed by atoms with E-state index in [2.05, 4.69) is 42.6 Å². The van der Waals surface area contributed by atoms with Crippen LogP contribution in [0.5, 0.6) is 0 Å². The minimum Gasteiger partial charge on any atom is -0.295 e. The van der Waals surface area contributed by atoms with E-state index in [1.54, 1.807) is 11.3 Å². The summed E-state index contributed by atoms with van der Waals surface area (Å²) in [5.74, 6) is 0.579. The van der Waals surface area contributed by atoms with Gasteiger partial charge in [-0.25, -0.2) is 0 Å². The molecule has 1 aliphatic carbocycles. The minimum atomic E-state index is 0.250. The van der Waals surface area contributed by atoms with Crippen LogP contribution in [0.1, 0.15) is 34.8 Å². The number of carbonyl (C=O) groups excluding carboxylic acids is 1. The lowest BCUT2D eigenvalue weighted by Gasteiger charge is -2.22. The van der Waals surface area contributed by atoms with Crippen LogP contribution >= 0.6 is 11.3 Å². The van der Waals surface area contributed by atoms with Crippen LogP contribution in [0.15, 0.2) is 47.9 Å². The number of rotatable bonds is 2. The molecule has 0 saturated heterocycles. The summed E-state index contributed by atoms with van der Waals surface area (Å²) in [5, 5.41) is 2.07. The van der Waals surface area contributed by atoms with E-state index >= 15 is 0 Å². The Kier molecular flexibility index (Phi) is 3.34. The van der Waals surface area contributed by atoms with E-state index in [9.17, 15) is 4.79 Å². The zero-order valence-corrected chi connectivity index (χ0v) is 11.7. The summed E-state index contributed by atoms with van der Waals surface area (Å²) in [5.41, 5.74) is 3.73. The first-order valence-electron chi connectivity index (χ1n) is 6.56. The van der Waals surface area contributed by atoms with Gasteiger partial charge in [-0.15, -0.1) is 11.3 Å². The third-order valence-corrected chi connectivity index (χ3v) is 4.58. The quantitative estimate of drug-likeness (QED) is 0.778. The average molecular weight is 268 g/mol. The first-order chi connectivity index (χ1) is 9.22. The third kappa shape index (κ3) is 2.69. The summed E-state index contributed by atoms with van der Waals surface area (Å²) < 4.78 is 0. The molecular weight excluding hydrogens is 252 g/mol. The Balaban J connectivity index is 1.88. The summed E-state index contributed by atoms with van der Waals surface area (Å²) in [7, 11) is 0. The Morgan fingerprint density at radius 3 is 2.58 bits per heavy atom. The molecule has 3 rings (SSSR count). The monoisotopic (exact) mass is 268 g/mol. The number of aryl methyl sites for hydroxylation is 1. The van der Waals surface area contributed by atoms with Crippen LogP contribution in [-0.2, 0) is 4.79 Å². The van der Waals surface area contributed by atoms with Gasteiger partial charge in [-0.1, -0.05) is 35.9 Å². The largest absolute Gasteiger partial charge is 0.295 e. The van der Waals surface area contributed by atoms with Gasteiger partial charge in [0.15, 0.2) is 5.78 Å². The maximum absolute atomic E-state index is 11.9. The Hall–Kier alpha value is -1.67. The fourth-order valence-electron chi connectivity index (χ4n) is 2.60. The van der Waals surface area contributed by atoms with E-state index in [4.69, 9.17) is 0 Å². The molecule has 1 aromatic carbocycles. The van der Waals surface area contributed by atoms with Crippen LogP contribution in [0.25, 0.3) is 5.57 Å². The summed E-state index contributed by atoms with van der Waals surface area (Å²) in [6, 6.07) is 12.7. The van der Waals surface area contributed by atoms with Crippen molar-refractivity contribution >= 4 is 22.7 Å². The number of ketones is 1. The second kappa shape index (κ2) is 5.14. The Morgan fingerprint density at radius 1 is 1.11 bits per heavy atom. The molecule has 1 nitrogen and oxygen atoms in total. The van der Waals surface area contributed by atoms with Crippen LogP contribution in [0, 0.1) is 6.92 Å². The van der Waals surface area contributed by atoms with E-state index in [0.717, 1.165) is 6.42 Å². The third-order valence-electron chi connectivity index (χ3n) is 3.64. The van der Waals surface area contributed by atoms with Crippen LogP contribution in [0.2, 0.25) is 0 Å². The lowest BCUT2D eigenvalue weighted by Crippen LogP contribution is -2.12. The molecule has 1 unspecified atom stereocenters. The van der Waals surface area contributed by atoms with Crippen molar-refractivity contribution in [1.29, 1.82) is 0 Å². The van der Waals surface area contributed by atoms with Crippen molar-refractivity contribution in [2.75, 3.05) is 0 Å².